The molecule has 0 bridgehead atoms. The molecule has 0 aromatic heterocycles. The van der Waals surface area contributed by atoms with E-state index in [1.165, 1.54) is 5.56 Å². The number of carbonyl (C=O) groups excluding carboxylic acids is 1. The van der Waals surface area contributed by atoms with Gasteiger partial charge in [0.1, 0.15) is 5.75 Å². The van der Waals surface area contributed by atoms with Crippen LogP contribution in [0.4, 0.5) is 21.9 Å². The molecule has 0 fully saturated rings. The number of hydrogen-bond donors (Lipinski definition) is 2. The molecule has 3 aromatic rings. The molecule has 34 heavy (non-hydrogen) atoms. The SMILES string of the molecule is CCc1ccc(N)c(CC)c1NC(=O)N(c1ccc(C(C)C)cc1)[C@H](C)c1ccc(OC)cc1. The first-order chi connectivity index (χ1) is 16.3. The molecule has 5 nitrogen and oxygen atoms in total. The molecule has 1 atom stereocenters. The second kappa shape index (κ2) is 11.1. The molecule has 0 aliphatic carbocycles. The molecular weight excluding hydrogens is 422 g/mol. The minimum Gasteiger partial charge on any atom is -0.497 e. The number of amides is 2. The van der Waals surface area contributed by atoms with Crippen LogP contribution in [-0.4, -0.2) is 13.1 Å². The largest absolute Gasteiger partial charge is 0.497 e. The summed E-state index contributed by atoms with van der Waals surface area (Å²) < 4.78 is 5.31. The molecule has 3 aromatic carbocycles. The van der Waals surface area contributed by atoms with Crippen molar-refractivity contribution >= 4 is 23.1 Å². The Hall–Kier alpha value is -3.47. The summed E-state index contributed by atoms with van der Waals surface area (Å²) in [5.74, 6) is 1.20. The molecule has 0 heterocycles. The van der Waals surface area contributed by atoms with Crippen LogP contribution < -0.4 is 20.7 Å². The summed E-state index contributed by atoms with van der Waals surface area (Å²) in [7, 11) is 1.65. The number of benzene rings is 3. The van der Waals surface area contributed by atoms with E-state index in [-0.39, 0.29) is 12.1 Å². The van der Waals surface area contributed by atoms with Gasteiger partial charge in [-0.1, -0.05) is 58.0 Å². The first-order valence-corrected chi connectivity index (χ1v) is 12.0. The normalized spacial score (nSPS) is 11.9. The number of anilines is 3. The number of methoxy groups -OCH3 is 1. The number of aryl methyl sites for hydroxylation is 1. The summed E-state index contributed by atoms with van der Waals surface area (Å²) in [5.41, 5.74) is 12.9. The Morgan fingerprint density at radius 3 is 2.06 bits per heavy atom. The van der Waals surface area contributed by atoms with E-state index in [1.54, 1.807) is 7.11 Å². The average molecular weight is 460 g/mol. The summed E-state index contributed by atoms with van der Waals surface area (Å²) in [6.45, 7) is 10.5. The molecule has 180 valence electrons. The van der Waals surface area contributed by atoms with E-state index in [4.69, 9.17) is 10.5 Å². The zero-order valence-electron chi connectivity index (χ0n) is 21.2. The van der Waals surface area contributed by atoms with E-state index in [1.807, 2.05) is 60.4 Å². The summed E-state index contributed by atoms with van der Waals surface area (Å²) >= 11 is 0. The lowest BCUT2D eigenvalue weighted by molar-refractivity contribution is 0.255. The Morgan fingerprint density at radius 1 is 0.912 bits per heavy atom. The van der Waals surface area contributed by atoms with Crippen LogP contribution in [0.5, 0.6) is 5.75 Å². The Balaban J connectivity index is 2.04. The fourth-order valence-electron chi connectivity index (χ4n) is 4.28. The Labute approximate surface area is 203 Å². The van der Waals surface area contributed by atoms with Crippen LogP contribution in [0, 0.1) is 0 Å². The van der Waals surface area contributed by atoms with Crippen LogP contribution >= 0.6 is 0 Å². The zero-order valence-corrected chi connectivity index (χ0v) is 21.2. The minimum absolute atomic E-state index is 0.185. The van der Waals surface area contributed by atoms with Crippen molar-refractivity contribution in [3.05, 3.63) is 82.9 Å². The third-order valence-corrected chi connectivity index (χ3v) is 6.44. The molecule has 5 heteroatoms. The van der Waals surface area contributed by atoms with Gasteiger partial charge >= 0.3 is 6.03 Å². The summed E-state index contributed by atoms with van der Waals surface area (Å²) in [5, 5.41) is 3.21. The number of carbonyl (C=O) groups is 1. The van der Waals surface area contributed by atoms with E-state index in [0.717, 1.165) is 46.7 Å². The van der Waals surface area contributed by atoms with E-state index >= 15 is 0 Å². The molecule has 0 unspecified atom stereocenters. The van der Waals surface area contributed by atoms with Crippen molar-refractivity contribution in [2.45, 2.75) is 59.4 Å². The molecule has 0 spiro atoms. The van der Waals surface area contributed by atoms with Crippen molar-refractivity contribution in [3.8, 4) is 5.75 Å². The molecular formula is C29H37N3O2. The van der Waals surface area contributed by atoms with Gasteiger partial charge in [-0.15, -0.1) is 0 Å². The molecule has 0 saturated heterocycles. The monoisotopic (exact) mass is 459 g/mol. The van der Waals surface area contributed by atoms with Gasteiger partial charge in [-0.05, 0) is 78.3 Å². The second-order valence-corrected chi connectivity index (χ2v) is 8.87. The summed E-state index contributed by atoms with van der Waals surface area (Å²) in [4.78, 5) is 15.7. The third-order valence-electron chi connectivity index (χ3n) is 6.44. The Morgan fingerprint density at radius 2 is 1.53 bits per heavy atom. The van der Waals surface area contributed by atoms with Crippen molar-refractivity contribution < 1.29 is 9.53 Å². The highest BCUT2D eigenvalue weighted by atomic mass is 16.5. The minimum atomic E-state index is -0.202. The number of nitrogens with one attached hydrogen (secondary N) is 1. The van der Waals surface area contributed by atoms with Crippen LogP contribution in [0.1, 0.15) is 68.8 Å². The van der Waals surface area contributed by atoms with Gasteiger partial charge in [0, 0.05) is 11.4 Å². The van der Waals surface area contributed by atoms with Gasteiger partial charge in [-0.3, -0.25) is 4.90 Å². The Kier molecular flexibility index (Phi) is 8.21. The standard InChI is InChI=1S/C29H37N3O2/c1-7-21-13-18-27(30)26(8-2)28(21)31-29(33)32(24-14-9-22(10-15-24)19(3)4)20(5)23-11-16-25(34-6)17-12-23/h9-20H,7-8,30H2,1-6H3,(H,31,33)/t20-/m1/s1. The number of rotatable bonds is 8. The molecule has 0 saturated carbocycles. The molecule has 0 aliphatic rings. The number of ether oxygens (including phenoxy) is 1. The highest BCUT2D eigenvalue weighted by Gasteiger charge is 2.25. The summed E-state index contributed by atoms with van der Waals surface area (Å²) in [6.07, 6.45) is 1.55. The fourth-order valence-corrected chi connectivity index (χ4v) is 4.28. The van der Waals surface area contributed by atoms with Crippen LogP contribution in [-0.2, 0) is 12.8 Å². The smallest absolute Gasteiger partial charge is 0.326 e. The average Bonchev–Trinajstić information content (AvgIpc) is 2.85. The first-order valence-electron chi connectivity index (χ1n) is 12.0. The maximum atomic E-state index is 13.9. The summed E-state index contributed by atoms with van der Waals surface area (Å²) in [6, 6.07) is 19.6. The van der Waals surface area contributed by atoms with E-state index in [9.17, 15) is 4.79 Å². The number of nitrogens with two attached hydrogens (primary N) is 1. The topological polar surface area (TPSA) is 67.6 Å². The van der Waals surface area contributed by atoms with Crippen molar-refractivity contribution in [2.24, 2.45) is 0 Å². The predicted octanol–water partition coefficient (Wildman–Crippen LogP) is 7.33. The molecule has 0 aliphatic heterocycles. The lowest BCUT2D eigenvalue weighted by Gasteiger charge is -2.31. The fraction of sp³-hybridized carbons (Fsp3) is 0.345. The van der Waals surface area contributed by atoms with Gasteiger partial charge < -0.3 is 15.8 Å². The van der Waals surface area contributed by atoms with Crippen molar-refractivity contribution in [1.29, 1.82) is 0 Å². The quantitative estimate of drug-likeness (QED) is 0.347. The van der Waals surface area contributed by atoms with Gasteiger partial charge in [0.25, 0.3) is 0 Å². The van der Waals surface area contributed by atoms with Gasteiger partial charge in [-0.2, -0.15) is 0 Å². The number of nitrogens with zero attached hydrogens (tertiary/aromatic N) is 1. The number of hydrogen-bond acceptors (Lipinski definition) is 3. The lowest BCUT2D eigenvalue weighted by Crippen LogP contribution is -2.37. The highest BCUT2D eigenvalue weighted by Crippen LogP contribution is 2.33. The van der Waals surface area contributed by atoms with Gasteiger partial charge in [-0.25, -0.2) is 4.79 Å². The zero-order chi connectivity index (χ0) is 24.8. The predicted molar refractivity (Wildman–Crippen MR) is 143 cm³/mol. The van der Waals surface area contributed by atoms with E-state index in [2.05, 4.69) is 45.1 Å². The first kappa shape index (κ1) is 25.2. The molecule has 3 N–H and O–H groups in total. The lowest BCUT2D eigenvalue weighted by atomic mass is 10.0. The van der Waals surface area contributed by atoms with E-state index < -0.39 is 0 Å². The van der Waals surface area contributed by atoms with Crippen LogP contribution in [0.3, 0.4) is 0 Å². The second-order valence-electron chi connectivity index (χ2n) is 8.87. The molecule has 2 amide bonds. The maximum Gasteiger partial charge on any atom is 0.326 e. The van der Waals surface area contributed by atoms with Crippen molar-refractivity contribution in [3.63, 3.8) is 0 Å². The van der Waals surface area contributed by atoms with Gasteiger partial charge in [0.05, 0.1) is 18.8 Å². The molecule has 3 rings (SSSR count). The number of nitrogen functional groups attached to an aromatic ring is 1. The Bertz CT molecular complexity index is 1110. The maximum absolute atomic E-state index is 13.9. The van der Waals surface area contributed by atoms with Crippen LogP contribution in [0.25, 0.3) is 0 Å². The van der Waals surface area contributed by atoms with Gasteiger partial charge in [0.15, 0.2) is 0 Å². The van der Waals surface area contributed by atoms with Gasteiger partial charge in [0.2, 0.25) is 0 Å². The third kappa shape index (κ3) is 5.36. The van der Waals surface area contributed by atoms with E-state index in [0.29, 0.717) is 11.6 Å². The van der Waals surface area contributed by atoms with Crippen LogP contribution in [0.2, 0.25) is 0 Å². The van der Waals surface area contributed by atoms with Crippen molar-refractivity contribution in [1.82, 2.24) is 0 Å². The van der Waals surface area contributed by atoms with Crippen LogP contribution in [0.15, 0.2) is 60.7 Å². The van der Waals surface area contributed by atoms with Crippen molar-refractivity contribution in [2.75, 3.05) is 23.1 Å². The molecule has 0 radical (unpaired) electrons. The number of urea groups is 1. The highest BCUT2D eigenvalue weighted by molar-refractivity contribution is 6.03.